The number of rotatable bonds is 5. The number of aliphatic hydroxyl groups is 1. The third-order valence-corrected chi connectivity index (χ3v) is 1.89. The molecule has 0 unspecified atom stereocenters. The SMILES string of the molecule is C/C=C\c1nn(CCCO)cc1C(=O)O. The molecule has 5 heteroatoms. The normalized spacial score (nSPS) is 11.1. The van der Waals surface area contributed by atoms with Gasteiger partial charge in [0.1, 0.15) is 5.56 Å². The number of aryl methyl sites for hydroxylation is 1. The minimum atomic E-state index is -0.988. The highest BCUT2D eigenvalue weighted by atomic mass is 16.4. The van der Waals surface area contributed by atoms with Crippen molar-refractivity contribution in [1.29, 1.82) is 0 Å². The van der Waals surface area contributed by atoms with E-state index in [1.165, 1.54) is 10.9 Å². The molecule has 5 nitrogen and oxygen atoms in total. The largest absolute Gasteiger partial charge is 0.478 e. The van der Waals surface area contributed by atoms with Gasteiger partial charge in [-0.3, -0.25) is 4.68 Å². The first-order valence-electron chi connectivity index (χ1n) is 4.73. The van der Waals surface area contributed by atoms with Crippen LogP contribution in [0.5, 0.6) is 0 Å². The van der Waals surface area contributed by atoms with E-state index in [4.69, 9.17) is 10.2 Å². The van der Waals surface area contributed by atoms with Crippen LogP contribution in [0.25, 0.3) is 6.08 Å². The first-order valence-corrected chi connectivity index (χ1v) is 4.73. The molecule has 0 atom stereocenters. The molecule has 0 spiro atoms. The van der Waals surface area contributed by atoms with Crippen LogP contribution in [0.2, 0.25) is 0 Å². The number of carboxylic acids is 1. The average Bonchev–Trinajstić information content (AvgIpc) is 2.59. The van der Waals surface area contributed by atoms with Crippen molar-refractivity contribution in [2.24, 2.45) is 0 Å². The fourth-order valence-corrected chi connectivity index (χ4v) is 1.23. The molecule has 0 saturated carbocycles. The van der Waals surface area contributed by atoms with Crippen LogP contribution in [0, 0.1) is 0 Å². The summed E-state index contributed by atoms with van der Waals surface area (Å²) in [7, 11) is 0. The summed E-state index contributed by atoms with van der Waals surface area (Å²) in [6.45, 7) is 2.40. The first-order chi connectivity index (χ1) is 7.19. The molecule has 0 fully saturated rings. The Kier molecular flexibility index (Phi) is 4.05. The number of nitrogens with zero attached hydrogens (tertiary/aromatic N) is 2. The van der Waals surface area contributed by atoms with Crippen molar-refractivity contribution < 1.29 is 15.0 Å². The first kappa shape index (κ1) is 11.5. The van der Waals surface area contributed by atoms with E-state index in [0.29, 0.717) is 18.7 Å². The summed E-state index contributed by atoms with van der Waals surface area (Å²) in [5.41, 5.74) is 0.633. The Morgan fingerprint density at radius 1 is 1.67 bits per heavy atom. The lowest BCUT2D eigenvalue weighted by Gasteiger charge is -1.96. The van der Waals surface area contributed by atoms with Gasteiger partial charge in [-0.25, -0.2) is 4.79 Å². The second-order valence-electron chi connectivity index (χ2n) is 3.07. The van der Waals surface area contributed by atoms with Gasteiger partial charge in [0.05, 0.1) is 5.69 Å². The Labute approximate surface area is 87.7 Å². The molecule has 0 bridgehead atoms. The second kappa shape index (κ2) is 5.31. The van der Waals surface area contributed by atoms with Crippen molar-refractivity contribution in [3.63, 3.8) is 0 Å². The number of allylic oxidation sites excluding steroid dienone is 1. The smallest absolute Gasteiger partial charge is 0.339 e. The zero-order valence-electron chi connectivity index (χ0n) is 8.55. The fourth-order valence-electron chi connectivity index (χ4n) is 1.23. The van der Waals surface area contributed by atoms with E-state index in [1.807, 2.05) is 0 Å². The lowest BCUT2D eigenvalue weighted by molar-refractivity contribution is 0.0696. The number of hydrogen-bond acceptors (Lipinski definition) is 3. The lowest BCUT2D eigenvalue weighted by atomic mass is 10.2. The second-order valence-corrected chi connectivity index (χ2v) is 3.07. The average molecular weight is 210 g/mol. The molecular formula is C10H14N2O3. The molecule has 0 aromatic carbocycles. The van der Waals surface area contributed by atoms with Crippen LogP contribution < -0.4 is 0 Å². The lowest BCUT2D eigenvalue weighted by Crippen LogP contribution is -2.00. The van der Waals surface area contributed by atoms with Gasteiger partial charge in [0.2, 0.25) is 0 Å². The van der Waals surface area contributed by atoms with Crippen LogP contribution in [0.1, 0.15) is 29.4 Å². The molecular weight excluding hydrogens is 196 g/mol. The molecule has 82 valence electrons. The number of carboxylic acid groups (broad SMARTS) is 1. The minimum absolute atomic E-state index is 0.0706. The highest BCUT2D eigenvalue weighted by Crippen LogP contribution is 2.09. The predicted octanol–water partition coefficient (Wildman–Crippen LogP) is 0.997. The van der Waals surface area contributed by atoms with Crippen LogP contribution in [-0.2, 0) is 6.54 Å². The van der Waals surface area contributed by atoms with E-state index in [0.717, 1.165) is 0 Å². The van der Waals surface area contributed by atoms with Gasteiger partial charge in [0.25, 0.3) is 0 Å². The van der Waals surface area contributed by atoms with E-state index in [9.17, 15) is 4.79 Å². The Balaban J connectivity index is 2.93. The highest BCUT2D eigenvalue weighted by molar-refractivity contribution is 5.91. The van der Waals surface area contributed by atoms with Gasteiger partial charge in [0, 0.05) is 19.3 Å². The van der Waals surface area contributed by atoms with Crippen LogP contribution in [0.4, 0.5) is 0 Å². The van der Waals surface area contributed by atoms with E-state index < -0.39 is 5.97 Å². The molecule has 1 heterocycles. The third kappa shape index (κ3) is 2.92. The van der Waals surface area contributed by atoms with Gasteiger partial charge in [-0.2, -0.15) is 5.10 Å². The molecule has 2 N–H and O–H groups in total. The number of aromatic nitrogens is 2. The van der Waals surface area contributed by atoms with Gasteiger partial charge < -0.3 is 10.2 Å². The van der Waals surface area contributed by atoms with Crippen LogP contribution in [0.3, 0.4) is 0 Å². The van der Waals surface area contributed by atoms with Crippen molar-refractivity contribution in [3.8, 4) is 0 Å². The van der Waals surface area contributed by atoms with E-state index in [2.05, 4.69) is 5.10 Å². The van der Waals surface area contributed by atoms with Crippen LogP contribution in [-0.4, -0.2) is 32.6 Å². The third-order valence-electron chi connectivity index (χ3n) is 1.89. The predicted molar refractivity (Wildman–Crippen MR) is 55.6 cm³/mol. The van der Waals surface area contributed by atoms with Crippen molar-refractivity contribution in [2.75, 3.05) is 6.61 Å². The Bertz CT molecular complexity index is 369. The van der Waals surface area contributed by atoms with Crippen LogP contribution in [0.15, 0.2) is 12.3 Å². The Morgan fingerprint density at radius 2 is 2.40 bits per heavy atom. The fraction of sp³-hybridized carbons (Fsp3) is 0.400. The van der Waals surface area contributed by atoms with E-state index >= 15 is 0 Å². The summed E-state index contributed by atoms with van der Waals surface area (Å²) < 4.78 is 1.54. The summed E-state index contributed by atoms with van der Waals surface area (Å²) in [6.07, 6.45) is 5.44. The number of carbonyl (C=O) groups is 1. The summed E-state index contributed by atoms with van der Waals surface area (Å²) in [5, 5.41) is 21.6. The van der Waals surface area contributed by atoms with Gasteiger partial charge in [-0.05, 0) is 19.4 Å². The van der Waals surface area contributed by atoms with Crippen molar-refractivity contribution >= 4 is 12.0 Å². The summed E-state index contributed by atoms with van der Waals surface area (Å²) in [6, 6.07) is 0. The number of aromatic carboxylic acids is 1. The van der Waals surface area contributed by atoms with Crippen molar-refractivity contribution in [3.05, 3.63) is 23.5 Å². The molecule has 0 aliphatic heterocycles. The molecule has 1 aromatic rings. The van der Waals surface area contributed by atoms with E-state index in [1.54, 1.807) is 19.1 Å². The zero-order chi connectivity index (χ0) is 11.3. The zero-order valence-corrected chi connectivity index (χ0v) is 8.55. The Hall–Kier alpha value is -1.62. The molecule has 1 aromatic heterocycles. The topological polar surface area (TPSA) is 75.3 Å². The van der Waals surface area contributed by atoms with Crippen molar-refractivity contribution in [1.82, 2.24) is 9.78 Å². The molecule has 0 radical (unpaired) electrons. The highest BCUT2D eigenvalue weighted by Gasteiger charge is 2.12. The summed E-state index contributed by atoms with van der Waals surface area (Å²) >= 11 is 0. The van der Waals surface area contributed by atoms with Crippen molar-refractivity contribution in [2.45, 2.75) is 19.9 Å². The standard InChI is InChI=1S/C10H14N2O3/c1-2-4-9-8(10(14)15)7-12(11-9)5-3-6-13/h2,4,7,13H,3,5-6H2,1H3,(H,14,15)/b4-2-. The quantitative estimate of drug-likeness (QED) is 0.760. The summed E-state index contributed by atoms with van der Waals surface area (Å²) in [5.74, 6) is -0.988. The van der Waals surface area contributed by atoms with Gasteiger partial charge in [-0.15, -0.1) is 0 Å². The molecule has 0 saturated heterocycles. The van der Waals surface area contributed by atoms with Gasteiger partial charge >= 0.3 is 5.97 Å². The van der Waals surface area contributed by atoms with Crippen LogP contribution >= 0.6 is 0 Å². The molecule has 0 aliphatic carbocycles. The maximum absolute atomic E-state index is 10.8. The van der Waals surface area contributed by atoms with Gasteiger partial charge in [-0.1, -0.05) is 6.08 Å². The number of hydrogen-bond donors (Lipinski definition) is 2. The minimum Gasteiger partial charge on any atom is -0.478 e. The monoisotopic (exact) mass is 210 g/mol. The summed E-state index contributed by atoms with van der Waals surface area (Å²) in [4.78, 5) is 10.8. The molecule has 0 amide bonds. The maximum atomic E-state index is 10.8. The molecule has 0 aliphatic rings. The van der Waals surface area contributed by atoms with E-state index in [-0.39, 0.29) is 12.2 Å². The maximum Gasteiger partial charge on any atom is 0.339 e. The molecule has 15 heavy (non-hydrogen) atoms. The number of aliphatic hydroxyl groups excluding tert-OH is 1. The molecule has 1 rings (SSSR count). The van der Waals surface area contributed by atoms with Gasteiger partial charge in [0.15, 0.2) is 0 Å². The Morgan fingerprint density at radius 3 is 2.93 bits per heavy atom.